The van der Waals surface area contributed by atoms with E-state index >= 15 is 0 Å². The molecule has 0 aliphatic rings. The number of nitrogens with zero attached hydrogens (tertiary/aromatic N) is 2. The van der Waals surface area contributed by atoms with E-state index in [2.05, 4.69) is 9.97 Å². The van der Waals surface area contributed by atoms with Gasteiger partial charge < -0.3 is 4.42 Å². The van der Waals surface area contributed by atoms with Crippen LogP contribution >= 0.6 is 11.6 Å². The van der Waals surface area contributed by atoms with E-state index in [-0.39, 0.29) is 5.02 Å². The van der Waals surface area contributed by atoms with Crippen molar-refractivity contribution in [2.75, 3.05) is 0 Å². The zero-order chi connectivity index (χ0) is 16.8. The largest absolute Gasteiger partial charge is 0.434 e. The molecule has 0 bridgehead atoms. The normalized spacial score (nSPS) is 11.9. The Kier molecular flexibility index (Phi) is 3.56. The Morgan fingerprint density at radius 1 is 1.22 bits per heavy atom. The summed E-state index contributed by atoms with van der Waals surface area (Å²) in [5, 5.41) is -0.673. The SMILES string of the molecule is O=C(c1cc2c(C(F)(F)F)ncnc2o1)c1c(F)cccc1Cl. The Morgan fingerprint density at radius 3 is 2.61 bits per heavy atom. The number of carbonyl (C=O) groups is 1. The highest BCUT2D eigenvalue weighted by Gasteiger charge is 2.36. The summed E-state index contributed by atoms with van der Waals surface area (Å²) in [6, 6.07) is 4.40. The molecular formula is C14H5ClF4N2O2. The number of halogens is 5. The minimum atomic E-state index is -4.75. The number of rotatable bonds is 2. The molecule has 23 heavy (non-hydrogen) atoms. The zero-order valence-electron chi connectivity index (χ0n) is 11.0. The third-order valence-corrected chi connectivity index (χ3v) is 3.33. The van der Waals surface area contributed by atoms with Gasteiger partial charge in [0.15, 0.2) is 11.5 Å². The lowest BCUT2D eigenvalue weighted by atomic mass is 10.1. The van der Waals surface area contributed by atoms with Gasteiger partial charge in [-0.2, -0.15) is 13.2 Å². The van der Waals surface area contributed by atoms with E-state index in [4.69, 9.17) is 16.0 Å². The molecule has 0 spiro atoms. The Labute approximate surface area is 130 Å². The lowest BCUT2D eigenvalue weighted by Gasteiger charge is -2.04. The quantitative estimate of drug-likeness (QED) is 0.515. The van der Waals surface area contributed by atoms with Crippen LogP contribution in [0.1, 0.15) is 21.8 Å². The van der Waals surface area contributed by atoms with Crippen LogP contribution in [0.4, 0.5) is 17.6 Å². The number of furan rings is 1. The van der Waals surface area contributed by atoms with Crippen LogP contribution in [0.3, 0.4) is 0 Å². The van der Waals surface area contributed by atoms with Gasteiger partial charge in [-0.25, -0.2) is 14.4 Å². The summed E-state index contributed by atoms with van der Waals surface area (Å²) in [5.74, 6) is -2.41. The fourth-order valence-electron chi connectivity index (χ4n) is 2.03. The van der Waals surface area contributed by atoms with Gasteiger partial charge >= 0.3 is 6.18 Å². The molecule has 0 atom stereocenters. The van der Waals surface area contributed by atoms with Crippen LogP contribution in [0, 0.1) is 5.82 Å². The van der Waals surface area contributed by atoms with E-state index < -0.39 is 45.9 Å². The van der Waals surface area contributed by atoms with Gasteiger partial charge in [0.2, 0.25) is 11.5 Å². The van der Waals surface area contributed by atoms with E-state index in [9.17, 15) is 22.4 Å². The van der Waals surface area contributed by atoms with Gasteiger partial charge in [-0.05, 0) is 18.2 Å². The van der Waals surface area contributed by atoms with Crippen molar-refractivity contribution in [3.63, 3.8) is 0 Å². The van der Waals surface area contributed by atoms with Gasteiger partial charge in [-0.3, -0.25) is 4.79 Å². The van der Waals surface area contributed by atoms with Gasteiger partial charge in [0.05, 0.1) is 16.0 Å². The number of carbonyl (C=O) groups excluding carboxylic acids is 1. The lowest BCUT2D eigenvalue weighted by molar-refractivity contribution is -0.139. The molecule has 0 radical (unpaired) electrons. The molecule has 2 aromatic heterocycles. The van der Waals surface area contributed by atoms with E-state index in [1.807, 2.05) is 0 Å². The molecule has 9 heteroatoms. The van der Waals surface area contributed by atoms with Gasteiger partial charge in [0.1, 0.15) is 12.1 Å². The standard InChI is InChI=1S/C14H5ClF4N2O2/c15-7-2-1-3-8(16)10(7)11(22)9-4-6-12(14(17,18)19)20-5-21-13(6)23-9/h1-5H. The maximum absolute atomic E-state index is 13.8. The number of hydrogen-bond donors (Lipinski definition) is 0. The number of aromatic nitrogens is 2. The number of ketones is 1. The molecule has 0 N–H and O–H groups in total. The molecular weight excluding hydrogens is 340 g/mol. The molecule has 0 unspecified atom stereocenters. The highest BCUT2D eigenvalue weighted by atomic mass is 35.5. The molecule has 2 heterocycles. The second-order valence-corrected chi connectivity index (χ2v) is 4.88. The van der Waals surface area contributed by atoms with Crippen molar-refractivity contribution < 1.29 is 26.8 Å². The van der Waals surface area contributed by atoms with Crippen LogP contribution in [0.25, 0.3) is 11.1 Å². The monoisotopic (exact) mass is 344 g/mol. The molecule has 1 aromatic carbocycles. The van der Waals surface area contributed by atoms with Crippen LogP contribution in [0.5, 0.6) is 0 Å². The Morgan fingerprint density at radius 2 is 1.96 bits per heavy atom. The smallest absolute Gasteiger partial charge is 0.434 e. The van der Waals surface area contributed by atoms with Gasteiger partial charge in [-0.15, -0.1) is 0 Å². The summed E-state index contributed by atoms with van der Waals surface area (Å²) in [4.78, 5) is 19.0. The van der Waals surface area contributed by atoms with E-state index in [0.717, 1.165) is 12.1 Å². The van der Waals surface area contributed by atoms with Crippen molar-refractivity contribution in [1.82, 2.24) is 9.97 Å². The van der Waals surface area contributed by atoms with E-state index in [1.54, 1.807) is 0 Å². The third kappa shape index (κ3) is 2.65. The predicted octanol–water partition coefficient (Wildman–Crippen LogP) is 4.27. The summed E-state index contributed by atoms with van der Waals surface area (Å²) in [5.41, 5.74) is -2.16. The number of hydrogen-bond acceptors (Lipinski definition) is 4. The van der Waals surface area contributed by atoms with E-state index in [1.165, 1.54) is 12.1 Å². The summed E-state index contributed by atoms with van der Waals surface area (Å²) in [6.07, 6.45) is -4.08. The first-order valence-corrected chi connectivity index (χ1v) is 6.47. The molecule has 3 rings (SSSR count). The summed E-state index contributed by atoms with van der Waals surface area (Å²) in [7, 11) is 0. The molecule has 0 aliphatic carbocycles. The van der Waals surface area contributed by atoms with Crippen LogP contribution < -0.4 is 0 Å². The number of fused-ring (bicyclic) bond motifs is 1. The van der Waals surface area contributed by atoms with Crippen LogP contribution in [-0.4, -0.2) is 15.8 Å². The fourth-order valence-corrected chi connectivity index (χ4v) is 2.28. The summed E-state index contributed by atoms with van der Waals surface area (Å²) >= 11 is 5.77. The van der Waals surface area contributed by atoms with Crippen LogP contribution in [0.2, 0.25) is 5.02 Å². The van der Waals surface area contributed by atoms with E-state index in [0.29, 0.717) is 6.33 Å². The fraction of sp³-hybridized carbons (Fsp3) is 0.0714. The zero-order valence-corrected chi connectivity index (χ0v) is 11.7. The highest BCUT2D eigenvalue weighted by molar-refractivity contribution is 6.34. The first-order chi connectivity index (χ1) is 10.8. The molecule has 4 nitrogen and oxygen atoms in total. The average molecular weight is 345 g/mol. The van der Waals surface area contributed by atoms with Crippen molar-refractivity contribution in [2.45, 2.75) is 6.18 Å². The first kappa shape index (κ1) is 15.4. The molecule has 0 saturated heterocycles. The van der Waals surface area contributed by atoms with Crippen molar-refractivity contribution in [1.29, 1.82) is 0 Å². The average Bonchev–Trinajstić information content (AvgIpc) is 2.89. The number of alkyl halides is 3. The van der Waals surface area contributed by atoms with Gasteiger partial charge in [-0.1, -0.05) is 17.7 Å². The second kappa shape index (κ2) is 5.31. The first-order valence-electron chi connectivity index (χ1n) is 6.09. The van der Waals surface area contributed by atoms with Crippen molar-refractivity contribution in [3.8, 4) is 0 Å². The highest BCUT2D eigenvalue weighted by Crippen LogP contribution is 2.34. The Hall–Kier alpha value is -2.48. The molecule has 3 aromatic rings. The molecule has 0 amide bonds. The third-order valence-electron chi connectivity index (χ3n) is 3.01. The van der Waals surface area contributed by atoms with Gasteiger partial charge in [0, 0.05) is 0 Å². The van der Waals surface area contributed by atoms with Crippen molar-refractivity contribution in [2.24, 2.45) is 0 Å². The maximum atomic E-state index is 13.8. The van der Waals surface area contributed by atoms with Crippen LogP contribution in [0.15, 0.2) is 35.0 Å². The molecule has 0 saturated carbocycles. The lowest BCUT2D eigenvalue weighted by Crippen LogP contribution is -2.08. The van der Waals surface area contributed by atoms with Crippen molar-refractivity contribution in [3.05, 3.63) is 58.5 Å². The minimum absolute atomic E-state index is 0.183. The second-order valence-electron chi connectivity index (χ2n) is 4.48. The predicted molar refractivity (Wildman–Crippen MR) is 71.6 cm³/mol. The minimum Gasteiger partial charge on any atom is -0.434 e. The van der Waals surface area contributed by atoms with Crippen LogP contribution in [-0.2, 0) is 6.18 Å². The molecule has 118 valence electrons. The summed E-state index contributed by atoms with van der Waals surface area (Å²) in [6.45, 7) is 0. The molecule has 0 fully saturated rings. The van der Waals surface area contributed by atoms with Gasteiger partial charge in [0.25, 0.3) is 0 Å². The Balaban J connectivity index is 2.17. The summed E-state index contributed by atoms with van der Waals surface area (Å²) < 4.78 is 57.4. The number of benzene rings is 1. The topological polar surface area (TPSA) is 56.0 Å². The van der Waals surface area contributed by atoms with Crippen molar-refractivity contribution >= 4 is 28.5 Å². The molecule has 0 aliphatic heterocycles. The maximum Gasteiger partial charge on any atom is 0.434 e. The Bertz CT molecular complexity index is 901.